The highest BCUT2D eigenvalue weighted by Gasteiger charge is 2.24. The van der Waals surface area contributed by atoms with Gasteiger partial charge in [-0.05, 0) is 57.5 Å². The molecule has 0 N–H and O–H groups in total. The van der Waals surface area contributed by atoms with E-state index in [1.54, 1.807) is 0 Å². The number of likely N-dealkylation sites (tertiary alicyclic amines) is 1. The lowest BCUT2D eigenvalue weighted by atomic mass is 9.96. The van der Waals surface area contributed by atoms with Crippen molar-refractivity contribution in [2.45, 2.75) is 58.5 Å². The van der Waals surface area contributed by atoms with Gasteiger partial charge in [-0.25, -0.2) is 0 Å². The Bertz CT molecular complexity index is 600. The minimum absolute atomic E-state index is 0.731. The Morgan fingerprint density at radius 1 is 1.32 bits per heavy atom. The van der Waals surface area contributed by atoms with E-state index in [1.807, 2.05) is 16.0 Å². The molecule has 3 rings (SSSR count). The summed E-state index contributed by atoms with van der Waals surface area (Å²) < 4.78 is 2.02. The SMILES string of the molecule is Cc1nn(C)c(C)c1CN1CCCC[C@@H]1CCc1cccs1. The van der Waals surface area contributed by atoms with Crippen molar-refractivity contribution in [1.82, 2.24) is 14.7 Å². The molecule has 0 aliphatic carbocycles. The molecular weight excluding hydrogens is 290 g/mol. The fourth-order valence-corrected chi connectivity index (χ4v) is 4.33. The van der Waals surface area contributed by atoms with Gasteiger partial charge in [0.1, 0.15) is 0 Å². The zero-order valence-corrected chi connectivity index (χ0v) is 14.8. The third kappa shape index (κ3) is 3.44. The Morgan fingerprint density at radius 3 is 2.86 bits per heavy atom. The Kier molecular flexibility index (Phi) is 4.99. The fourth-order valence-electron chi connectivity index (χ4n) is 3.61. The van der Waals surface area contributed by atoms with E-state index in [2.05, 4.69) is 48.4 Å². The summed E-state index contributed by atoms with van der Waals surface area (Å²) in [6.07, 6.45) is 6.59. The molecule has 3 nitrogen and oxygen atoms in total. The molecule has 1 saturated heterocycles. The van der Waals surface area contributed by atoms with E-state index < -0.39 is 0 Å². The summed E-state index contributed by atoms with van der Waals surface area (Å²) in [4.78, 5) is 4.23. The van der Waals surface area contributed by atoms with Crippen molar-refractivity contribution in [3.8, 4) is 0 Å². The zero-order valence-electron chi connectivity index (χ0n) is 14.0. The van der Waals surface area contributed by atoms with Gasteiger partial charge in [0.05, 0.1) is 5.69 Å². The summed E-state index contributed by atoms with van der Waals surface area (Å²) >= 11 is 1.89. The molecule has 0 amide bonds. The molecule has 0 unspecified atom stereocenters. The second kappa shape index (κ2) is 6.97. The first-order chi connectivity index (χ1) is 10.6. The molecule has 2 aromatic heterocycles. The molecule has 0 bridgehead atoms. The minimum atomic E-state index is 0.731. The number of nitrogens with zero attached hydrogens (tertiary/aromatic N) is 3. The third-order valence-electron chi connectivity index (χ3n) is 5.07. The molecule has 0 spiro atoms. The van der Waals surface area contributed by atoms with Crippen LogP contribution in [0.15, 0.2) is 17.5 Å². The van der Waals surface area contributed by atoms with Crippen LogP contribution in [0.4, 0.5) is 0 Å². The number of hydrogen-bond donors (Lipinski definition) is 0. The molecule has 4 heteroatoms. The first-order valence-corrected chi connectivity index (χ1v) is 9.28. The Hall–Kier alpha value is -1.13. The number of hydrogen-bond acceptors (Lipinski definition) is 3. The molecule has 2 aromatic rings. The van der Waals surface area contributed by atoms with E-state index in [4.69, 9.17) is 0 Å². The molecule has 3 heterocycles. The molecular formula is C18H27N3S. The normalized spacial score (nSPS) is 19.7. The van der Waals surface area contributed by atoms with Gasteiger partial charge in [0.15, 0.2) is 0 Å². The predicted molar refractivity (Wildman–Crippen MR) is 93.4 cm³/mol. The Morgan fingerprint density at radius 2 is 2.18 bits per heavy atom. The van der Waals surface area contributed by atoms with E-state index in [-0.39, 0.29) is 0 Å². The lowest BCUT2D eigenvalue weighted by Gasteiger charge is -2.36. The fraction of sp³-hybridized carbons (Fsp3) is 0.611. The monoisotopic (exact) mass is 317 g/mol. The summed E-state index contributed by atoms with van der Waals surface area (Å²) in [5.41, 5.74) is 3.95. The van der Waals surface area contributed by atoms with Gasteiger partial charge in [-0.3, -0.25) is 9.58 Å². The first kappa shape index (κ1) is 15.8. The maximum atomic E-state index is 4.58. The smallest absolute Gasteiger partial charge is 0.0641 e. The van der Waals surface area contributed by atoms with Gasteiger partial charge >= 0.3 is 0 Å². The van der Waals surface area contributed by atoms with Crippen LogP contribution >= 0.6 is 11.3 Å². The van der Waals surface area contributed by atoms with E-state index in [0.717, 1.165) is 12.6 Å². The number of aryl methyl sites for hydroxylation is 3. The molecule has 0 saturated carbocycles. The highest BCUT2D eigenvalue weighted by atomic mass is 32.1. The molecule has 120 valence electrons. The standard InChI is InChI=1S/C18H27N3S/c1-14-18(15(2)20(3)19-14)13-21-11-5-4-7-16(21)9-10-17-8-6-12-22-17/h6,8,12,16H,4-5,7,9-11,13H2,1-3H3/t16-/m1/s1. The summed E-state index contributed by atoms with van der Waals surface area (Å²) in [7, 11) is 2.05. The van der Waals surface area contributed by atoms with Crippen molar-refractivity contribution in [2.24, 2.45) is 7.05 Å². The maximum Gasteiger partial charge on any atom is 0.0641 e. The average Bonchev–Trinajstić information content (AvgIpc) is 3.11. The molecule has 0 aromatic carbocycles. The number of aromatic nitrogens is 2. The van der Waals surface area contributed by atoms with Crippen molar-refractivity contribution in [1.29, 1.82) is 0 Å². The van der Waals surface area contributed by atoms with Crippen LogP contribution in [0.3, 0.4) is 0 Å². The van der Waals surface area contributed by atoms with Gasteiger partial charge < -0.3 is 0 Å². The molecule has 1 fully saturated rings. The van der Waals surface area contributed by atoms with E-state index in [9.17, 15) is 0 Å². The van der Waals surface area contributed by atoms with Crippen molar-refractivity contribution in [2.75, 3.05) is 6.54 Å². The third-order valence-corrected chi connectivity index (χ3v) is 6.01. The summed E-state index contributed by atoms with van der Waals surface area (Å²) in [6.45, 7) is 6.65. The molecule has 1 atom stereocenters. The highest BCUT2D eigenvalue weighted by Crippen LogP contribution is 2.26. The topological polar surface area (TPSA) is 21.1 Å². The van der Waals surface area contributed by atoms with Crippen LogP contribution in [-0.2, 0) is 20.0 Å². The van der Waals surface area contributed by atoms with Crippen molar-refractivity contribution in [3.63, 3.8) is 0 Å². The first-order valence-electron chi connectivity index (χ1n) is 8.40. The highest BCUT2D eigenvalue weighted by molar-refractivity contribution is 7.09. The zero-order chi connectivity index (χ0) is 15.5. The molecule has 1 aliphatic rings. The van der Waals surface area contributed by atoms with Crippen LogP contribution in [0, 0.1) is 13.8 Å². The van der Waals surface area contributed by atoms with Crippen LogP contribution in [0.5, 0.6) is 0 Å². The maximum absolute atomic E-state index is 4.58. The van der Waals surface area contributed by atoms with Gasteiger partial charge in [0, 0.05) is 35.8 Å². The predicted octanol–water partition coefficient (Wildman–Crippen LogP) is 4.09. The lowest BCUT2D eigenvalue weighted by Crippen LogP contribution is -2.39. The molecule has 1 aliphatic heterocycles. The molecule has 0 radical (unpaired) electrons. The van der Waals surface area contributed by atoms with Crippen molar-refractivity contribution in [3.05, 3.63) is 39.3 Å². The lowest BCUT2D eigenvalue weighted by molar-refractivity contribution is 0.132. The number of piperidine rings is 1. The van der Waals surface area contributed by atoms with Crippen LogP contribution in [0.2, 0.25) is 0 Å². The second-order valence-corrected chi connectivity index (χ2v) is 7.54. The number of thiophene rings is 1. The molecule has 22 heavy (non-hydrogen) atoms. The van der Waals surface area contributed by atoms with Crippen molar-refractivity contribution >= 4 is 11.3 Å². The Labute approximate surface area is 138 Å². The van der Waals surface area contributed by atoms with Crippen molar-refractivity contribution < 1.29 is 0 Å². The Balaban J connectivity index is 1.67. The van der Waals surface area contributed by atoms with Crippen LogP contribution < -0.4 is 0 Å². The van der Waals surface area contributed by atoms with Gasteiger partial charge in [-0.1, -0.05) is 12.5 Å². The summed E-state index contributed by atoms with van der Waals surface area (Å²) in [5.74, 6) is 0. The van der Waals surface area contributed by atoms with E-state index in [1.165, 1.54) is 60.5 Å². The van der Waals surface area contributed by atoms with E-state index >= 15 is 0 Å². The van der Waals surface area contributed by atoms with Crippen LogP contribution in [0.1, 0.15) is 47.5 Å². The van der Waals surface area contributed by atoms with Crippen LogP contribution in [0.25, 0.3) is 0 Å². The minimum Gasteiger partial charge on any atom is -0.296 e. The van der Waals surface area contributed by atoms with Crippen LogP contribution in [-0.4, -0.2) is 27.3 Å². The summed E-state index contributed by atoms with van der Waals surface area (Å²) in [6, 6.07) is 5.17. The van der Waals surface area contributed by atoms with Gasteiger partial charge in [-0.2, -0.15) is 5.10 Å². The quantitative estimate of drug-likeness (QED) is 0.828. The average molecular weight is 318 g/mol. The van der Waals surface area contributed by atoms with Gasteiger partial charge in [0.25, 0.3) is 0 Å². The largest absolute Gasteiger partial charge is 0.296 e. The van der Waals surface area contributed by atoms with Gasteiger partial charge in [0.2, 0.25) is 0 Å². The second-order valence-electron chi connectivity index (χ2n) is 6.51. The van der Waals surface area contributed by atoms with E-state index in [0.29, 0.717) is 0 Å². The van der Waals surface area contributed by atoms with Gasteiger partial charge in [-0.15, -0.1) is 11.3 Å². The summed E-state index contributed by atoms with van der Waals surface area (Å²) in [5, 5.41) is 6.77. The number of rotatable bonds is 5.